The minimum atomic E-state index is -4.79. The van der Waals surface area contributed by atoms with Crippen LogP contribution in [0.1, 0.15) is 12.6 Å². The third-order valence-electron chi connectivity index (χ3n) is 4.79. The van der Waals surface area contributed by atoms with Gasteiger partial charge in [-0.25, -0.2) is 9.48 Å². The average molecular weight is 482 g/mol. The Bertz CT molecular complexity index is 1290. The first-order chi connectivity index (χ1) is 16.8. The number of alkyl halides is 3. The van der Waals surface area contributed by atoms with Gasteiger partial charge in [-0.3, -0.25) is 0 Å². The number of halogens is 3. The molecule has 4 aromatic rings. The van der Waals surface area contributed by atoms with Crippen LogP contribution in [0.2, 0.25) is 0 Å². The number of aryl methyl sites for hydroxylation is 1. The summed E-state index contributed by atoms with van der Waals surface area (Å²) in [6.45, 7) is 1.99. The van der Waals surface area contributed by atoms with Crippen molar-refractivity contribution in [2.75, 3.05) is 10.6 Å². The van der Waals surface area contributed by atoms with Gasteiger partial charge in [-0.1, -0.05) is 37.3 Å². The predicted molar refractivity (Wildman–Crippen MR) is 125 cm³/mol. The first-order valence-electron chi connectivity index (χ1n) is 10.7. The van der Waals surface area contributed by atoms with Gasteiger partial charge in [-0.15, -0.1) is 13.2 Å². The molecule has 3 aromatic carbocycles. The van der Waals surface area contributed by atoms with E-state index in [0.717, 1.165) is 23.5 Å². The minimum absolute atomic E-state index is 0.283. The number of carbonyl (C=O) groups is 1. The number of ether oxygens (including phenoxy) is 2. The lowest BCUT2D eigenvalue weighted by atomic mass is 10.3. The van der Waals surface area contributed by atoms with Crippen LogP contribution in [-0.2, 0) is 6.42 Å². The zero-order valence-electron chi connectivity index (χ0n) is 18.5. The van der Waals surface area contributed by atoms with Crippen molar-refractivity contribution in [3.63, 3.8) is 0 Å². The van der Waals surface area contributed by atoms with Crippen LogP contribution in [0.3, 0.4) is 0 Å². The highest BCUT2D eigenvalue weighted by Crippen LogP contribution is 2.31. The quantitative estimate of drug-likeness (QED) is 0.305. The molecule has 2 amide bonds. The van der Waals surface area contributed by atoms with Gasteiger partial charge in [0.2, 0.25) is 5.88 Å². The van der Waals surface area contributed by atoms with Crippen molar-refractivity contribution in [3.8, 4) is 23.1 Å². The predicted octanol–water partition coefficient (Wildman–Crippen LogP) is 6.77. The molecule has 180 valence electrons. The zero-order valence-corrected chi connectivity index (χ0v) is 18.5. The molecule has 0 saturated heterocycles. The number of anilines is 2. The zero-order chi connectivity index (χ0) is 24.8. The van der Waals surface area contributed by atoms with E-state index in [9.17, 15) is 18.0 Å². The van der Waals surface area contributed by atoms with Crippen LogP contribution in [0, 0.1) is 0 Å². The summed E-state index contributed by atoms with van der Waals surface area (Å²) in [5, 5.41) is 9.84. The molecule has 1 aromatic heterocycles. The topological polar surface area (TPSA) is 77.4 Å². The molecule has 0 aliphatic rings. The molecule has 1 heterocycles. The van der Waals surface area contributed by atoms with Gasteiger partial charge in [0.05, 0.1) is 17.1 Å². The summed E-state index contributed by atoms with van der Waals surface area (Å²) in [4.78, 5) is 12.5. The number of rotatable bonds is 7. The second-order valence-corrected chi connectivity index (χ2v) is 7.32. The van der Waals surface area contributed by atoms with Crippen LogP contribution in [0.25, 0.3) is 5.69 Å². The van der Waals surface area contributed by atoms with Gasteiger partial charge >= 0.3 is 12.4 Å². The van der Waals surface area contributed by atoms with E-state index in [4.69, 9.17) is 4.74 Å². The van der Waals surface area contributed by atoms with Crippen molar-refractivity contribution in [2.24, 2.45) is 0 Å². The van der Waals surface area contributed by atoms with Crippen LogP contribution in [0.5, 0.6) is 17.4 Å². The number of urea groups is 1. The smallest absolute Gasteiger partial charge is 0.437 e. The van der Waals surface area contributed by atoms with Gasteiger partial charge in [0.25, 0.3) is 0 Å². The van der Waals surface area contributed by atoms with E-state index in [2.05, 4.69) is 20.5 Å². The molecule has 0 atom stereocenters. The van der Waals surface area contributed by atoms with E-state index in [1.54, 1.807) is 28.9 Å². The third kappa shape index (κ3) is 6.32. The Hall–Kier alpha value is -4.47. The van der Waals surface area contributed by atoms with Gasteiger partial charge in [-0.2, -0.15) is 5.10 Å². The van der Waals surface area contributed by atoms with E-state index in [1.165, 1.54) is 12.1 Å². The molecule has 0 unspecified atom stereocenters. The maximum atomic E-state index is 12.5. The van der Waals surface area contributed by atoms with Crippen LogP contribution in [0.15, 0.2) is 84.9 Å². The van der Waals surface area contributed by atoms with Gasteiger partial charge in [0.15, 0.2) is 5.75 Å². The van der Waals surface area contributed by atoms with Crippen LogP contribution < -0.4 is 20.1 Å². The third-order valence-corrected chi connectivity index (χ3v) is 4.79. The fourth-order valence-corrected chi connectivity index (χ4v) is 3.21. The normalized spacial score (nSPS) is 11.1. The van der Waals surface area contributed by atoms with Crippen LogP contribution in [0.4, 0.5) is 29.3 Å². The molecule has 0 aliphatic heterocycles. The van der Waals surface area contributed by atoms with Crippen molar-refractivity contribution >= 4 is 17.4 Å². The number of para-hydroxylation sites is 3. The lowest BCUT2D eigenvalue weighted by Crippen LogP contribution is -2.20. The number of nitrogens with zero attached hydrogens (tertiary/aromatic N) is 2. The largest absolute Gasteiger partial charge is 0.573 e. The van der Waals surface area contributed by atoms with Crippen molar-refractivity contribution in [2.45, 2.75) is 19.7 Å². The highest BCUT2D eigenvalue weighted by atomic mass is 19.4. The first kappa shape index (κ1) is 23.7. The molecule has 0 aliphatic carbocycles. The standard InChI is InChI=1S/C25H21F3N4O3/c1-2-17-16-23(32(31-17)19-8-4-3-5-9-19)34-22-11-7-6-10-21(22)30-24(33)29-18-12-14-20(15-13-18)35-25(26,27)28/h3-16H,2H2,1H3,(H2,29,30,33). The SMILES string of the molecule is CCc1cc(Oc2ccccc2NC(=O)Nc2ccc(OC(F)(F)F)cc2)n(-c2ccccc2)n1. The van der Waals surface area contributed by atoms with Crippen molar-refractivity contribution < 1.29 is 27.4 Å². The van der Waals surface area contributed by atoms with Crippen molar-refractivity contribution in [3.05, 3.63) is 90.6 Å². The monoisotopic (exact) mass is 482 g/mol. The molecule has 0 spiro atoms. The maximum absolute atomic E-state index is 12.5. The molecular formula is C25H21F3N4O3. The van der Waals surface area contributed by atoms with Gasteiger partial charge in [0.1, 0.15) is 5.75 Å². The number of carbonyl (C=O) groups excluding carboxylic acids is 1. The Labute approximate surface area is 199 Å². The maximum Gasteiger partial charge on any atom is 0.573 e. The summed E-state index contributed by atoms with van der Waals surface area (Å²) in [7, 11) is 0. The number of nitrogens with one attached hydrogen (secondary N) is 2. The Kier molecular flexibility index (Phi) is 6.91. The molecule has 0 radical (unpaired) electrons. The highest BCUT2D eigenvalue weighted by Gasteiger charge is 2.31. The molecular weight excluding hydrogens is 461 g/mol. The summed E-state index contributed by atoms with van der Waals surface area (Å²) in [6, 6.07) is 22.4. The highest BCUT2D eigenvalue weighted by molar-refractivity contribution is 6.00. The number of benzene rings is 3. The minimum Gasteiger partial charge on any atom is -0.437 e. The Morgan fingerprint density at radius 1 is 0.943 bits per heavy atom. The van der Waals surface area contributed by atoms with Crippen LogP contribution in [-0.4, -0.2) is 22.2 Å². The number of hydrogen-bond acceptors (Lipinski definition) is 4. The molecule has 4 rings (SSSR count). The second kappa shape index (κ2) is 10.2. The van der Waals surface area contributed by atoms with Crippen molar-refractivity contribution in [1.82, 2.24) is 9.78 Å². The molecule has 0 bridgehead atoms. The summed E-state index contributed by atoms with van der Waals surface area (Å²) < 4.78 is 48.6. The van der Waals surface area contributed by atoms with E-state index in [1.807, 2.05) is 43.3 Å². The van der Waals surface area contributed by atoms with Gasteiger partial charge < -0.3 is 20.1 Å². The molecule has 10 heteroatoms. The average Bonchev–Trinajstić information content (AvgIpc) is 3.24. The molecule has 7 nitrogen and oxygen atoms in total. The van der Waals surface area contributed by atoms with E-state index < -0.39 is 12.4 Å². The Balaban J connectivity index is 1.49. The Morgan fingerprint density at radius 3 is 2.31 bits per heavy atom. The molecule has 0 saturated carbocycles. The fourth-order valence-electron chi connectivity index (χ4n) is 3.21. The van der Waals surface area contributed by atoms with Gasteiger partial charge in [0, 0.05) is 11.8 Å². The second-order valence-electron chi connectivity index (χ2n) is 7.32. The first-order valence-corrected chi connectivity index (χ1v) is 10.7. The van der Waals surface area contributed by atoms with E-state index in [-0.39, 0.29) is 11.4 Å². The molecule has 35 heavy (non-hydrogen) atoms. The van der Waals surface area contributed by atoms with E-state index in [0.29, 0.717) is 23.7 Å². The summed E-state index contributed by atoms with van der Waals surface area (Å²) >= 11 is 0. The number of aromatic nitrogens is 2. The van der Waals surface area contributed by atoms with Gasteiger partial charge in [-0.05, 0) is 55.0 Å². The van der Waals surface area contributed by atoms with Crippen molar-refractivity contribution in [1.29, 1.82) is 0 Å². The van der Waals surface area contributed by atoms with E-state index >= 15 is 0 Å². The molecule has 0 fully saturated rings. The Morgan fingerprint density at radius 2 is 1.63 bits per heavy atom. The van der Waals surface area contributed by atoms with Crippen LogP contribution >= 0.6 is 0 Å². The molecule has 2 N–H and O–H groups in total. The summed E-state index contributed by atoms with van der Waals surface area (Å²) in [5.74, 6) is 0.475. The fraction of sp³-hybridized carbons (Fsp3) is 0.120. The lowest BCUT2D eigenvalue weighted by molar-refractivity contribution is -0.274. The number of hydrogen-bond donors (Lipinski definition) is 2. The summed E-state index contributed by atoms with van der Waals surface area (Å²) in [5.41, 5.74) is 2.33. The number of amides is 2. The summed E-state index contributed by atoms with van der Waals surface area (Å²) in [6.07, 6.45) is -4.07. The lowest BCUT2D eigenvalue weighted by Gasteiger charge is -2.14.